The summed E-state index contributed by atoms with van der Waals surface area (Å²) >= 11 is 4.51. The molecule has 0 aliphatic rings. The average molecular weight is 419 g/mol. The summed E-state index contributed by atoms with van der Waals surface area (Å²) in [5.74, 6) is -1.16. The maximum absolute atomic E-state index is 13.8. The van der Waals surface area contributed by atoms with Crippen LogP contribution in [0.1, 0.15) is 20.0 Å². The predicted octanol–water partition coefficient (Wildman–Crippen LogP) is 5.15. The van der Waals surface area contributed by atoms with Crippen molar-refractivity contribution in [2.45, 2.75) is 0 Å². The summed E-state index contributed by atoms with van der Waals surface area (Å²) in [5.41, 5.74) is 1.03. The van der Waals surface area contributed by atoms with E-state index in [1.807, 2.05) is 5.38 Å². The molecule has 2 N–H and O–H groups in total. The van der Waals surface area contributed by atoms with Gasteiger partial charge < -0.3 is 10.6 Å². The van der Waals surface area contributed by atoms with Crippen molar-refractivity contribution in [1.29, 1.82) is 0 Å². The van der Waals surface area contributed by atoms with E-state index in [0.29, 0.717) is 20.6 Å². The van der Waals surface area contributed by atoms with Crippen LogP contribution in [-0.4, -0.2) is 11.8 Å². The first-order valence-corrected chi connectivity index (χ1v) is 8.91. The quantitative estimate of drug-likeness (QED) is 0.614. The Kier molecular flexibility index (Phi) is 5.25. The number of hydrogen-bond acceptors (Lipinski definition) is 3. The molecule has 0 radical (unpaired) electrons. The van der Waals surface area contributed by atoms with E-state index in [1.54, 1.807) is 42.5 Å². The zero-order valence-electron chi connectivity index (χ0n) is 12.8. The van der Waals surface area contributed by atoms with Gasteiger partial charge in [-0.25, -0.2) is 4.39 Å². The molecule has 2 aromatic carbocycles. The Morgan fingerprint density at radius 3 is 2.36 bits per heavy atom. The van der Waals surface area contributed by atoms with Crippen molar-refractivity contribution >= 4 is 50.5 Å². The molecule has 126 valence electrons. The second kappa shape index (κ2) is 7.58. The lowest BCUT2D eigenvalue weighted by molar-refractivity contribution is 0.102. The molecule has 0 bridgehead atoms. The van der Waals surface area contributed by atoms with Crippen LogP contribution in [0.5, 0.6) is 0 Å². The van der Waals surface area contributed by atoms with E-state index in [1.165, 1.54) is 23.5 Å². The molecule has 25 heavy (non-hydrogen) atoms. The van der Waals surface area contributed by atoms with Gasteiger partial charge in [-0.2, -0.15) is 0 Å². The van der Waals surface area contributed by atoms with Gasteiger partial charge in [-0.15, -0.1) is 11.3 Å². The number of amides is 2. The molecule has 7 heteroatoms. The number of carbonyl (C=O) groups excluding carboxylic acids is 2. The van der Waals surface area contributed by atoms with Crippen LogP contribution in [0.15, 0.2) is 64.5 Å². The molecule has 0 saturated carbocycles. The van der Waals surface area contributed by atoms with Crippen LogP contribution in [-0.2, 0) is 0 Å². The first kappa shape index (κ1) is 17.3. The van der Waals surface area contributed by atoms with Gasteiger partial charge in [0, 0.05) is 15.7 Å². The molecule has 3 aromatic rings. The molecule has 0 atom stereocenters. The lowest BCUT2D eigenvalue weighted by Crippen LogP contribution is -2.14. The van der Waals surface area contributed by atoms with Gasteiger partial charge in [0.2, 0.25) is 0 Å². The van der Waals surface area contributed by atoms with Gasteiger partial charge in [-0.05, 0) is 53.9 Å². The highest BCUT2D eigenvalue weighted by atomic mass is 79.9. The average Bonchev–Trinajstić information content (AvgIpc) is 3.13. The maximum Gasteiger partial charge on any atom is 0.265 e. The predicted molar refractivity (Wildman–Crippen MR) is 101 cm³/mol. The Balaban J connectivity index is 1.67. The van der Waals surface area contributed by atoms with Gasteiger partial charge in [0.25, 0.3) is 11.8 Å². The lowest BCUT2D eigenvalue weighted by Gasteiger charge is -2.08. The maximum atomic E-state index is 13.8. The van der Waals surface area contributed by atoms with E-state index in [0.717, 1.165) is 0 Å². The normalized spacial score (nSPS) is 10.3. The van der Waals surface area contributed by atoms with Crippen LogP contribution in [0.4, 0.5) is 15.8 Å². The number of halogens is 2. The minimum atomic E-state index is -0.525. The van der Waals surface area contributed by atoms with Gasteiger partial charge in [0.15, 0.2) is 0 Å². The zero-order valence-corrected chi connectivity index (χ0v) is 15.2. The molecular formula is C18H12BrFN2O2S. The number of carbonyl (C=O) groups is 2. The van der Waals surface area contributed by atoms with Crippen molar-refractivity contribution in [3.8, 4) is 0 Å². The topological polar surface area (TPSA) is 58.2 Å². The second-order valence-corrected chi connectivity index (χ2v) is 6.95. The summed E-state index contributed by atoms with van der Waals surface area (Å²) in [4.78, 5) is 24.8. The van der Waals surface area contributed by atoms with Crippen LogP contribution in [0.25, 0.3) is 0 Å². The number of thiophene rings is 1. The molecule has 0 spiro atoms. The van der Waals surface area contributed by atoms with Gasteiger partial charge in [0.05, 0.1) is 10.6 Å². The van der Waals surface area contributed by atoms with Crippen molar-refractivity contribution < 1.29 is 14.0 Å². The Bertz CT molecular complexity index is 911. The summed E-state index contributed by atoms with van der Waals surface area (Å²) in [6.45, 7) is 0. The van der Waals surface area contributed by atoms with Gasteiger partial charge in [0.1, 0.15) is 5.82 Å². The monoisotopic (exact) mass is 418 g/mol. The Morgan fingerprint density at radius 1 is 0.960 bits per heavy atom. The van der Waals surface area contributed by atoms with Crippen LogP contribution < -0.4 is 10.6 Å². The standard InChI is InChI=1S/C18H12BrFN2O2S/c19-12-5-8-15(14(20)10-12)22-17(23)11-3-6-13(7-4-11)21-18(24)16-2-1-9-25-16/h1-10H,(H,21,24)(H,22,23). The highest BCUT2D eigenvalue weighted by Gasteiger charge is 2.11. The lowest BCUT2D eigenvalue weighted by atomic mass is 10.2. The van der Waals surface area contributed by atoms with Crippen molar-refractivity contribution in [2.75, 3.05) is 10.6 Å². The smallest absolute Gasteiger partial charge is 0.265 e. The molecule has 0 fully saturated rings. The summed E-state index contributed by atoms with van der Waals surface area (Å²) in [5, 5.41) is 7.09. The van der Waals surface area contributed by atoms with Crippen LogP contribution in [0.3, 0.4) is 0 Å². The van der Waals surface area contributed by atoms with E-state index in [9.17, 15) is 14.0 Å². The molecule has 0 aliphatic carbocycles. The number of anilines is 2. The number of nitrogens with one attached hydrogen (secondary N) is 2. The highest BCUT2D eigenvalue weighted by molar-refractivity contribution is 9.10. The third kappa shape index (κ3) is 4.32. The number of hydrogen-bond donors (Lipinski definition) is 2. The highest BCUT2D eigenvalue weighted by Crippen LogP contribution is 2.20. The van der Waals surface area contributed by atoms with Crippen molar-refractivity contribution in [1.82, 2.24) is 0 Å². The summed E-state index contributed by atoms with van der Waals surface area (Å²) < 4.78 is 14.4. The Morgan fingerprint density at radius 2 is 1.72 bits per heavy atom. The van der Waals surface area contributed by atoms with Crippen LogP contribution in [0, 0.1) is 5.82 Å². The number of benzene rings is 2. The van der Waals surface area contributed by atoms with E-state index in [-0.39, 0.29) is 11.6 Å². The Labute approximate surface area is 155 Å². The first-order chi connectivity index (χ1) is 12.0. The van der Waals surface area contributed by atoms with Crippen molar-refractivity contribution in [3.63, 3.8) is 0 Å². The summed E-state index contributed by atoms with van der Waals surface area (Å²) in [7, 11) is 0. The van der Waals surface area contributed by atoms with E-state index < -0.39 is 11.7 Å². The summed E-state index contributed by atoms with van der Waals surface area (Å²) in [6.07, 6.45) is 0. The fourth-order valence-corrected chi connectivity index (χ4v) is 3.04. The second-order valence-electron chi connectivity index (χ2n) is 5.09. The Hall–Kier alpha value is -2.51. The van der Waals surface area contributed by atoms with Gasteiger partial charge in [-0.3, -0.25) is 9.59 Å². The molecule has 1 aromatic heterocycles. The first-order valence-electron chi connectivity index (χ1n) is 7.24. The third-order valence-corrected chi connectivity index (χ3v) is 4.69. The van der Waals surface area contributed by atoms with Crippen molar-refractivity contribution in [3.05, 3.63) is 80.7 Å². The van der Waals surface area contributed by atoms with Crippen molar-refractivity contribution in [2.24, 2.45) is 0 Å². The fraction of sp³-hybridized carbons (Fsp3) is 0. The SMILES string of the molecule is O=C(Nc1ccc(Br)cc1F)c1ccc(NC(=O)c2cccs2)cc1. The summed E-state index contributed by atoms with van der Waals surface area (Å²) in [6, 6.07) is 14.3. The van der Waals surface area contributed by atoms with Crippen LogP contribution >= 0.6 is 27.3 Å². The van der Waals surface area contributed by atoms with Gasteiger partial charge in [-0.1, -0.05) is 22.0 Å². The molecule has 0 saturated heterocycles. The van der Waals surface area contributed by atoms with E-state index >= 15 is 0 Å². The van der Waals surface area contributed by atoms with Crippen LogP contribution in [0.2, 0.25) is 0 Å². The minimum absolute atomic E-state index is 0.100. The molecule has 2 amide bonds. The molecule has 3 rings (SSSR count). The zero-order chi connectivity index (χ0) is 17.8. The molecule has 0 unspecified atom stereocenters. The molecule has 0 aliphatic heterocycles. The largest absolute Gasteiger partial charge is 0.321 e. The third-order valence-electron chi connectivity index (χ3n) is 3.33. The fourth-order valence-electron chi connectivity index (χ4n) is 2.09. The van der Waals surface area contributed by atoms with Gasteiger partial charge >= 0.3 is 0 Å². The molecule has 4 nitrogen and oxygen atoms in total. The van der Waals surface area contributed by atoms with E-state index in [2.05, 4.69) is 26.6 Å². The number of rotatable bonds is 4. The van der Waals surface area contributed by atoms with E-state index in [4.69, 9.17) is 0 Å². The minimum Gasteiger partial charge on any atom is -0.321 e. The molecule has 1 heterocycles. The molecular weight excluding hydrogens is 407 g/mol.